The standard InChI is InChI=1S/C16H18FNO/c1-19-15-8-6-13(7-9-15)12-18-11-10-14-4-2-3-5-16(14)17/h2-9,18H,10-12H2,1H3. The van der Waals surface area contributed by atoms with Gasteiger partial charge in [-0.05, 0) is 42.3 Å². The maximum absolute atomic E-state index is 13.4. The molecule has 2 nitrogen and oxygen atoms in total. The molecule has 2 aromatic carbocycles. The van der Waals surface area contributed by atoms with Crippen LogP contribution < -0.4 is 10.1 Å². The maximum atomic E-state index is 13.4. The van der Waals surface area contributed by atoms with E-state index >= 15 is 0 Å². The Hall–Kier alpha value is -1.87. The largest absolute Gasteiger partial charge is 0.497 e. The van der Waals surface area contributed by atoms with Crippen molar-refractivity contribution in [3.63, 3.8) is 0 Å². The van der Waals surface area contributed by atoms with E-state index in [2.05, 4.69) is 5.32 Å². The quantitative estimate of drug-likeness (QED) is 0.805. The molecule has 0 radical (unpaired) electrons. The second-order valence-corrected chi connectivity index (χ2v) is 4.37. The second-order valence-electron chi connectivity index (χ2n) is 4.37. The first kappa shape index (κ1) is 13.6. The normalized spacial score (nSPS) is 10.4. The Bertz CT molecular complexity index is 510. The van der Waals surface area contributed by atoms with Crippen molar-refractivity contribution >= 4 is 0 Å². The second kappa shape index (κ2) is 6.90. The first-order valence-electron chi connectivity index (χ1n) is 6.36. The van der Waals surface area contributed by atoms with Gasteiger partial charge in [0, 0.05) is 6.54 Å². The molecule has 19 heavy (non-hydrogen) atoms. The third kappa shape index (κ3) is 4.07. The Morgan fingerprint density at radius 1 is 1.05 bits per heavy atom. The third-order valence-corrected chi connectivity index (χ3v) is 3.02. The first-order chi connectivity index (χ1) is 9.29. The molecule has 0 aromatic heterocycles. The predicted molar refractivity (Wildman–Crippen MR) is 74.8 cm³/mol. The van der Waals surface area contributed by atoms with Crippen molar-refractivity contribution in [3.8, 4) is 5.75 Å². The minimum atomic E-state index is -0.131. The van der Waals surface area contributed by atoms with Crippen molar-refractivity contribution in [2.75, 3.05) is 13.7 Å². The zero-order valence-corrected chi connectivity index (χ0v) is 11.0. The highest BCUT2D eigenvalue weighted by atomic mass is 19.1. The number of rotatable bonds is 6. The SMILES string of the molecule is COc1ccc(CNCCc2ccccc2F)cc1. The summed E-state index contributed by atoms with van der Waals surface area (Å²) in [7, 11) is 1.65. The molecule has 3 heteroatoms. The van der Waals surface area contributed by atoms with Gasteiger partial charge in [-0.2, -0.15) is 0 Å². The van der Waals surface area contributed by atoms with Gasteiger partial charge < -0.3 is 10.1 Å². The summed E-state index contributed by atoms with van der Waals surface area (Å²) in [4.78, 5) is 0. The molecule has 0 saturated heterocycles. The molecule has 1 N–H and O–H groups in total. The van der Waals surface area contributed by atoms with Gasteiger partial charge in [0.1, 0.15) is 11.6 Å². The summed E-state index contributed by atoms with van der Waals surface area (Å²) >= 11 is 0. The Morgan fingerprint density at radius 2 is 1.79 bits per heavy atom. The van der Waals surface area contributed by atoms with Gasteiger partial charge in [-0.25, -0.2) is 4.39 Å². The van der Waals surface area contributed by atoms with E-state index in [-0.39, 0.29) is 5.82 Å². The molecule has 2 rings (SSSR count). The van der Waals surface area contributed by atoms with Gasteiger partial charge in [0.15, 0.2) is 0 Å². The molecule has 0 saturated carbocycles. The van der Waals surface area contributed by atoms with E-state index in [0.717, 1.165) is 24.4 Å². The topological polar surface area (TPSA) is 21.3 Å². The fourth-order valence-electron chi connectivity index (χ4n) is 1.90. The van der Waals surface area contributed by atoms with E-state index in [1.807, 2.05) is 36.4 Å². The van der Waals surface area contributed by atoms with Crippen LogP contribution in [-0.2, 0) is 13.0 Å². The van der Waals surface area contributed by atoms with E-state index in [1.54, 1.807) is 13.2 Å². The molecule has 0 spiro atoms. The molecule has 0 aliphatic rings. The third-order valence-electron chi connectivity index (χ3n) is 3.02. The first-order valence-corrected chi connectivity index (χ1v) is 6.36. The molecular weight excluding hydrogens is 241 g/mol. The molecular formula is C16H18FNO. The average Bonchev–Trinajstić information content (AvgIpc) is 2.46. The lowest BCUT2D eigenvalue weighted by Gasteiger charge is -2.06. The minimum Gasteiger partial charge on any atom is -0.497 e. The fourth-order valence-corrected chi connectivity index (χ4v) is 1.90. The highest BCUT2D eigenvalue weighted by Gasteiger charge is 2.00. The van der Waals surface area contributed by atoms with Crippen LogP contribution in [0.15, 0.2) is 48.5 Å². The highest BCUT2D eigenvalue weighted by Crippen LogP contribution is 2.11. The van der Waals surface area contributed by atoms with E-state index in [4.69, 9.17) is 4.74 Å². The van der Waals surface area contributed by atoms with E-state index in [9.17, 15) is 4.39 Å². The number of hydrogen-bond acceptors (Lipinski definition) is 2. The van der Waals surface area contributed by atoms with E-state index in [0.29, 0.717) is 6.42 Å². The molecule has 0 bridgehead atoms. The van der Waals surface area contributed by atoms with Gasteiger partial charge in [-0.3, -0.25) is 0 Å². The molecule has 2 aromatic rings. The van der Waals surface area contributed by atoms with Gasteiger partial charge in [-0.1, -0.05) is 30.3 Å². The lowest BCUT2D eigenvalue weighted by atomic mass is 10.1. The minimum absolute atomic E-state index is 0.131. The summed E-state index contributed by atoms with van der Waals surface area (Å²) in [5.41, 5.74) is 1.94. The van der Waals surface area contributed by atoms with Crippen LogP contribution in [0.3, 0.4) is 0 Å². The number of hydrogen-bond donors (Lipinski definition) is 1. The van der Waals surface area contributed by atoms with Crippen LogP contribution in [0.4, 0.5) is 4.39 Å². The van der Waals surface area contributed by atoms with Gasteiger partial charge in [-0.15, -0.1) is 0 Å². The molecule has 0 fully saturated rings. The van der Waals surface area contributed by atoms with Crippen molar-refractivity contribution in [2.45, 2.75) is 13.0 Å². The molecule has 100 valence electrons. The van der Waals surface area contributed by atoms with Gasteiger partial charge >= 0.3 is 0 Å². The summed E-state index contributed by atoms with van der Waals surface area (Å²) in [6.07, 6.45) is 0.697. The number of halogens is 1. The maximum Gasteiger partial charge on any atom is 0.126 e. The Kier molecular flexibility index (Phi) is 4.93. The molecule has 0 atom stereocenters. The Balaban J connectivity index is 1.76. The molecule has 0 unspecified atom stereocenters. The number of nitrogens with one attached hydrogen (secondary N) is 1. The summed E-state index contributed by atoms with van der Waals surface area (Å²) in [6, 6.07) is 14.8. The zero-order valence-electron chi connectivity index (χ0n) is 11.0. The number of methoxy groups -OCH3 is 1. The van der Waals surface area contributed by atoms with Crippen molar-refractivity contribution in [2.24, 2.45) is 0 Å². The van der Waals surface area contributed by atoms with Gasteiger partial charge in [0.2, 0.25) is 0 Å². The monoisotopic (exact) mass is 259 g/mol. The van der Waals surface area contributed by atoms with Crippen LogP contribution in [-0.4, -0.2) is 13.7 Å². The predicted octanol–water partition coefficient (Wildman–Crippen LogP) is 3.17. The van der Waals surface area contributed by atoms with Crippen molar-refractivity contribution in [1.82, 2.24) is 5.32 Å². The highest BCUT2D eigenvalue weighted by molar-refractivity contribution is 5.27. The van der Waals surface area contributed by atoms with Crippen LogP contribution in [0.1, 0.15) is 11.1 Å². The summed E-state index contributed by atoms with van der Waals surface area (Å²) in [5.74, 6) is 0.726. The fraction of sp³-hybridized carbons (Fsp3) is 0.250. The summed E-state index contributed by atoms with van der Waals surface area (Å²) in [5, 5.41) is 3.31. The summed E-state index contributed by atoms with van der Waals surface area (Å²) < 4.78 is 18.5. The van der Waals surface area contributed by atoms with Gasteiger partial charge in [0.05, 0.1) is 7.11 Å². The van der Waals surface area contributed by atoms with Gasteiger partial charge in [0.25, 0.3) is 0 Å². The van der Waals surface area contributed by atoms with Crippen LogP contribution in [0.5, 0.6) is 5.75 Å². The molecule has 0 amide bonds. The van der Waals surface area contributed by atoms with E-state index in [1.165, 1.54) is 11.6 Å². The molecule has 0 aliphatic heterocycles. The van der Waals surface area contributed by atoms with Crippen molar-refractivity contribution < 1.29 is 9.13 Å². The number of ether oxygens (including phenoxy) is 1. The van der Waals surface area contributed by atoms with Crippen LogP contribution >= 0.6 is 0 Å². The molecule has 0 aliphatic carbocycles. The van der Waals surface area contributed by atoms with Crippen molar-refractivity contribution in [1.29, 1.82) is 0 Å². The lowest BCUT2D eigenvalue weighted by molar-refractivity contribution is 0.414. The smallest absolute Gasteiger partial charge is 0.126 e. The number of benzene rings is 2. The average molecular weight is 259 g/mol. The van der Waals surface area contributed by atoms with Crippen LogP contribution in [0, 0.1) is 5.82 Å². The van der Waals surface area contributed by atoms with Crippen molar-refractivity contribution in [3.05, 3.63) is 65.5 Å². The Morgan fingerprint density at radius 3 is 2.47 bits per heavy atom. The van der Waals surface area contributed by atoms with Crippen LogP contribution in [0.2, 0.25) is 0 Å². The van der Waals surface area contributed by atoms with Crippen LogP contribution in [0.25, 0.3) is 0 Å². The Labute approximate surface area is 113 Å². The zero-order chi connectivity index (χ0) is 13.5. The lowest BCUT2D eigenvalue weighted by Crippen LogP contribution is -2.17. The van der Waals surface area contributed by atoms with E-state index < -0.39 is 0 Å². The summed E-state index contributed by atoms with van der Waals surface area (Å²) in [6.45, 7) is 1.53. The molecule has 0 heterocycles.